The quantitative estimate of drug-likeness (QED) is 0.568. The van der Waals surface area contributed by atoms with E-state index in [4.69, 9.17) is 0 Å². The van der Waals surface area contributed by atoms with Crippen LogP contribution in [-0.2, 0) is 4.79 Å². The summed E-state index contributed by atoms with van der Waals surface area (Å²) in [7, 11) is 0. The number of nitro benzene ring substituents is 1. The van der Waals surface area contributed by atoms with Gasteiger partial charge in [-0.15, -0.1) is 0 Å². The van der Waals surface area contributed by atoms with Gasteiger partial charge in [0, 0.05) is 17.8 Å². The molecule has 3 N–H and O–H groups in total. The first-order valence-corrected chi connectivity index (χ1v) is 5.66. The molecule has 1 heterocycles. The zero-order valence-electron chi connectivity index (χ0n) is 10.4. The molecule has 0 spiro atoms. The van der Waals surface area contributed by atoms with Gasteiger partial charge in [-0.2, -0.15) is 0 Å². The summed E-state index contributed by atoms with van der Waals surface area (Å²) in [5, 5.41) is 24.7. The first-order chi connectivity index (χ1) is 9.40. The van der Waals surface area contributed by atoms with E-state index in [1.165, 1.54) is 31.2 Å². The molecule has 2 amide bonds. The maximum absolute atomic E-state index is 11.4. The predicted molar refractivity (Wildman–Crippen MR) is 67.8 cm³/mol. The number of rotatable bonds is 3. The Kier molecular flexibility index (Phi) is 3.38. The Morgan fingerprint density at radius 2 is 1.95 bits per heavy atom. The van der Waals surface area contributed by atoms with Crippen LogP contribution in [0.3, 0.4) is 0 Å². The van der Waals surface area contributed by atoms with E-state index in [-0.39, 0.29) is 17.0 Å². The summed E-state index contributed by atoms with van der Waals surface area (Å²) in [6, 6.07) is 4.00. The van der Waals surface area contributed by atoms with Gasteiger partial charge in [0.25, 0.3) is 5.69 Å². The Balaban J connectivity index is 2.43. The first-order valence-electron chi connectivity index (χ1n) is 5.66. The van der Waals surface area contributed by atoms with Crippen molar-refractivity contribution in [2.75, 3.05) is 0 Å². The third-order valence-electron chi connectivity index (χ3n) is 2.94. The topological polar surface area (TPSA) is 122 Å². The van der Waals surface area contributed by atoms with Gasteiger partial charge in [0.2, 0.25) is 0 Å². The highest BCUT2D eigenvalue weighted by atomic mass is 16.6. The van der Waals surface area contributed by atoms with Gasteiger partial charge in [-0.1, -0.05) is 0 Å². The molecule has 0 unspecified atom stereocenters. The molecule has 1 aliphatic rings. The molecular weight excluding hydrogens is 266 g/mol. The van der Waals surface area contributed by atoms with Crippen LogP contribution in [0, 0.1) is 10.1 Å². The summed E-state index contributed by atoms with van der Waals surface area (Å²) in [5.41, 5.74) is 0.594. The van der Waals surface area contributed by atoms with Crippen LogP contribution in [0.5, 0.6) is 0 Å². The van der Waals surface area contributed by atoms with E-state index < -0.39 is 23.0 Å². The molecule has 0 aromatic heterocycles. The minimum Gasteiger partial charge on any atom is -0.478 e. The maximum Gasteiger partial charge on any atom is 0.335 e. The van der Waals surface area contributed by atoms with E-state index in [9.17, 15) is 24.8 Å². The molecule has 20 heavy (non-hydrogen) atoms. The normalized spacial score (nSPS) is 18.2. The standard InChI is InChI=1S/C12H11N3O5/c1-6-9(11(16)17)10(14-12(18)13-6)7-2-4-8(5-3-7)15(19)20/h2-5,10H,1H3,(H,16,17)(H2,13,14,18)/t10-/m0/s1. The second-order valence-corrected chi connectivity index (χ2v) is 4.22. The van der Waals surface area contributed by atoms with Gasteiger partial charge in [0.05, 0.1) is 16.5 Å². The third-order valence-corrected chi connectivity index (χ3v) is 2.94. The lowest BCUT2D eigenvalue weighted by atomic mass is 9.95. The summed E-state index contributed by atoms with van der Waals surface area (Å²) >= 11 is 0. The molecule has 1 aromatic carbocycles. The number of hydrogen-bond donors (Lipinski definition) is 3. The number of carboxylic acid groups (broad SMARTS) is 1. The molecular formula is C12H11N3O5. The lowest BCUT2D eigenvalue weighted by Gasteiger charge is -2.26. The number of allylic oxidation sites excluding steroid dienone is 1. The molecule has 2 rings (SSSR count). The van der Waals surface area contributed by atoms with Crippen LogP contribution in [-0.4, -0.2) is 22.0 Å². The number of nitro groups is 1. The summed E-state index contributed by atoms with van der Waals surface area (Å²) in [5.74, 6) is -1.17. The Bertz CT molecular complexity index is 620. The maximum atomic E-state index is 11.4. The number of urea groups is 1. The number of carbonyl (C=O) groups is 2. The van der Waals surface area contributed by atoms with Gasteiger partial charge >= 0.3 is 12.0 Å². The SMILES string of the molecule is CC1=C(C(=O)O)[C@H](c2ccc([N+](=O)[O-])cc2)NC(=O)N1. The number of nitrogens with zero attached hydrogens (tertiary/aromatic N) is 1. The monoisotopic (exact) mass is 277 g/mol. The molecule has 1 aromatic rings. The summed E-state index contributed by atoms with van der Waals surface area (Å²) in [6.45, 7) is 1.49. The van der Waals surface area contributed by atoms with Crippen molar-refractivity contribution in [1.82, 2.24) is 10.6 Å². The molecule has 0 saturated carbocycles. The highest BCUT2D eigenvalue weighted by molar-refractivity contribution is 5.93. The molecule has 0 aliphatic carbocycles. The zero-order chi connectivity index (χ0) is 14.9. The first kappa shape index (κ1) is 13.5. The number of non-ortho nitro benzene ring substituents is 1. The van der Waals surface area contributed by atoms with Gasteiger partial charge in [-0.05, 0) is 24.6 Å². The van der Waals surface area contributed by atoms with Gasteiger partial charge in [-0.25, -0.2) is 9.59 Å². The van der Waals surface area contributed by atoms with Crippen LogP contribution in [0.1, 0.15) is 18.5 Å². The molecule has 0 fully saturated rings. The summed E-state index contributed by atoms with van der Waals surface area (Å²) in [4.78, 5) is 32.8. The summed E-state index contributed by atoms with van der Waals surface area (Å²) in [6.07, 6.45) is 0. The van der Waals surface area contributed by atoms with Crippen molar-refractivity contribution in [2.45, 2.75) is 13.0 Å². The number of carboxylic acids is 1. The number of aliphatic carboxylic acids is 1. The average molecular weight is 277 g/mol. The molecule has 0 radical (unpaired) electrons. The minimum absolute atomic E-state index is 0.00143. The smallest absolute Gasteiger partial charge is 0.335 e. The highest BCUT2D eigenvalue weighted by Crippen LogP contribution is 2.27. The van der Waals surface area contributed by atoms with Crippen molar-refractivity contribution in [3.05, 3.63) is 51.2 Å². The van der Waals surface area contributed by atoms with Gasteiger partial charge < -0.3 is 15.7 Å². The molecule has 1 aliphatic heterocycles. The van der Waals surface area contributed by atoms with Crippen LogP contribution >= 0.6 is 0 Å². The van der Waals surface area contributed by atoms with Crippen LogP contribution in [0.25, 0.3) is 0 Å². The molecule has 8 nitrogen and oxygen atoms in total. The Morgan fingerprint density at radius 1 is 1.35 bits per heavy atom. The van der Waals surface area contributed by atoms with Crippen LogP contribution in [0.4, 0.5) is 10.5 Å². The second kappa shape index (κ2) is 5.00. The van der Waals surface area contributed by atoms with E-state index in [1.54, 1.807) is 0 Å². The average Bonchev–Trinajstić information content (AvgIpc) is 2.37. The minimum atomic E-state index is -1.17. The van der Waals surface area contributed by atoms with E-state index in [0.29, 0.717) is 5.56 Å². The fourth-order valence-corrected chi connectivity index (χ4v) is 2.02. The molecule has 104 valence electrons. The second-order valence-electron chi connectivity index (χ2n) is 4.22. The number of hydrogen-bond acceptors (Lipinski definition) is 4. The largest absolute Gasteiger partial charge is 0.478 e. The van der Waals surface area contributed by atoms with E-state index >= 15 is 0 Å². The van der Waals surface area contributed by atoms with Crippen molar-refractivity contribution in [3.63, 3.8) is 0 Å². The van der Waals surface area contributed by atoms with Crippen molar-refractivity contribution < 1.29 is 19.6 Å². The van der Waals surface area contributed by atoms with E-state index in [0.717, 1.165) is 0 Å². The number of nitrogens with one attached hydrogen (secondary N) is 2. The molecule has 8 heteroatoms. The molecule has 0 bridgehead atoms. The Morgan fingerprint density at radius 3 is 2.45 bits per heavy atom. The van der Waals surface area contributed by atoms with Crippen LogP contribution in [0.2, 0.25) is 0 Å². The van der Waals surface area contributed by atoms with Crippen molar-refractivity contribution in [3.8, 4) is 0 Å². The fourth-order valence-electron chi connectivity index (χ4n) is 2.02. The Hall–Kier alpha value is -2.90. The van der Waals surface area contributed by atoms with E-state index in [2.05, 4.69) is 10.6 Å². The predicted octanol–water partition coefficient (Wildman–Crippen LogP) is 1.31. The van der Waals surface area contributed by atoms with Crippen LogP contribution in [0.15, 0.2) is 35.5 Å². The zero-order valence-corrected chi connectivity index (χ0v) is 10.4. The fraction of sp³-hybridized carbons (Fsp3) is 0.167. The summed E-state index contributed by atoms with van der Waals surface area (Å²) < 4.78 is 0. The van der Waals surface area contributed by atoms with Crippen molar-refractivity contribution in [2.24, 2.45) is 0 Å². The highest BCUT2D eigenvalue weighted by Gasteiger charge is 2.31. The Labute approximate surface area is 113 Å². The lowest BCUT2D eigenvalue weighted by Crippen LogP contribution is -2.45. The van der Waals surface area contributed by atoms with Gasteiger partial charge in [-0.3, -0.25) is 10.1 Å². The van der Waals surface area contributed by atoms with Crippen LogP contribution < -0.4 is 10.6 Å². The third kappa shape index (κ3) is 2.44. The van der Waals surface area contributed by atoms with Crippen molar-refractivity contribution in [1.29, 1.82) is 0 Å². The molecule has 0 saturated heterocycles. The number of benzene rings is 1. The van der Waals surface area contributed by atoms with Gasteiger partial charge in [0.15, 0.2) is 0 Å². The van der Waals surface area contributed by atoms with Gasteiger partial charge in [0.1, 0.15) is 0 Å². The van der Waals surface area contributed by atoms with E-state index in [1.807, 2.05) is 0 Å². The molecule has 1 atom stereocenters. The number of carbonyl (C=O) groups excluding carboxylic acids is 1. The lowest BCUT2D eigenvalue weighted by molar-refractivity contribution is -0.384. The van der Waals surface area contributed by atoms with Crippen molar-refractivity contribution >= 4 is 17.7 Å². The number of amides is 2.